The largest absolute Gasteiger partial charge is 0.380 e. The Morgan fingerprint density at radius 2 is 1.59 bits per heavy atom. The van der Waals surface area contributed by atoms with Crippen LogP contribution in [0, 0.1) is 11.6 Å². The van der Waals surface area contributed by atoms with E-state index >= 15 is 0 Å². The smallest absolute Gasteiger partial charge is 0.259 e. The number of anilines is 1. The third kappa shape index (κ3) is 3.61. The van der Waals surface area contributed by atoms with Gasteiger partial charge >= 0.3 is 0 Å². The summed E-state index contributed by atoms with van der Waals surface area (Å²) in [6.07, 6.45) is 0.898. The molecule has 2 aromatic carbocycles. The number of halogens is 2. The van der Waals surface area contributed by atoms with E-state index in [1.54, 1.807) is 6.07 Å². The van der Waals surface area contributed by atoms with Crippen molar-refractivity contribution in [1.82, 2.24) is 14.8 Å². The van der Waals surface area contributed by atoms with Crippen LogP contribution in [-0.4, -0.2) is 70.6 Å². The summed E-state index contributed by atoms with van der Waals surface area (Å²) < 4.78 is 29.8. The number of hydrogen-bond donors (Lipinski definition) is 2. The zero-order valence-corrected chi connectivity index (χ0v) is 17.7. The molecule has 5 rings (SSSR count). The van der Waals surface area contributed by atoms with Gasteiger partial charge in [0.1, 0.15) is 22.8 Å². The van der Waals surface area contributed by atoms with Gasteiger partial charge in [0.25, 0.3) is 11.8 Å². The Kier molecular flexibility index (Phi) is 4.90. The molecule has 9 heteroatoms. The van der Waals surface area contributed by atoms with Gasteiger partial charge in [-0.05, 0) is 47.7 Å². The molecule has 2 aliphatic heterocycles. The standard InChI is InChI=1S/C23H24F2N4O3/c1-27-13-15-3-2-14(12-19(15)26-27)16-10-17(24)20(18(25)11-16)21(30)28-6-8-29(9-7-28)22(31)23(32)4-5-23/h2-3,10-12,26,32H,4-9,13H2,1H3. The van der Waals surface area contributed by atoms with Gasteiger partial charge in [-0.15, -0.1) is 0 Å². The summed E-state index contributed by atoms with van der Waals surface area (Å²) in [6.45, 7) is 1.51. The highest BCUT2D eigenvalue weighted by Gasteiger charge is 2.50. The molecule has 2 fully saturated rings. The number of carbonyl (C=O) groups excluding carboxylic acids is 2. The fourth-order valence-corrected chi connectivity index (χ4v) is 4.34. The lowest BCUT2D eigenvalue weighted by molar-refractivity contribution is -0.143. The predicted molar refractivity (Wildman–Crippen MR) is 114 cm³/mol. The average molecular weight is 442 g/mol. The first-order valence-electron chi connectivity index (χ1n) is 10.7. The maximum absolute atomic E-state index is 14.9. The minimum absolute atomic E-state index is 0.158. The SMILES string of the molecule is CN1Cc2ccc(-c3cc(F)c(C(=O)N4CCN(C(=O)C5(O)CC5)CC4)c(F)c3)cc2N1. The second-order valence-electron chi connectivity index (χ2n) is 8.77. The normalized spacial score (nSPS) is 19.5. The predicted octanol–water partition coefficient (Wildman–Crippen LogP) is 2.21. The van der Waals surface area contributed by atoms with Crippen LogP contribution in [0.25, 0.3) is 11.1 Å². The van der Waals surface area contributed by atoms with Crippen LogP contribution >= 0.6 is 0 Å². The van der Waals surface area contributed by atoms with Gasteiger partial charge in [-0.2, -0.15) is 0 Å². The van der Waals surface area contributed by atoms with Gasteiger partial charge < -0.3 is 20.3 Å². The Morgan fingerprint density at radius 3 is 2.22 bits per heavy atom. The van der Waals surface area contributed by atoms with Gasteiger partial charge in [0.15, 0.2) is 0 Å². The molecule has 2 amide bonds. The summed E-state index contributed by atoms with van der Waals surface area (Å²) in [6, 6.07) is 7.91. The number of aliphatic hydroxyl groups is 1. The second kappa shape index (κ2) is 7.53. The molecule has 168 valence electrons. The van der Waals surface area contributed by atoms with E-state index in [-0.39, 0.29) is 32.1 Å². The van der Waals surface area contributed by atoms with Gasteiger partial charge in [0, 0.05) is 39.8 Å². The van der Waals surface area contributed by atoms with Crippen molar-refractivity contribution in [2.75, 3.05) is 38.7 Å². The Balaban J connectivity index is 1.32. The second-order valence-corrected chi connectivity index (χ2v) is 8.77. The molecule has 0 spiro atoms. The number of amides is 2. The molecular weight excluding hydrogens is 418 g/mol. The number of fused-ring (bicyclic) bond motifs is 1. The number of rotatable bonds is 3. The molecule has 0 aromatic heterocycles. The monoisotopic (exact) mass is 442 g/mol. The summed E-state index contributed by atoms with van der Waals surface area (Å²) in [5.41, 5.74) is 4.30. The third-order valence-electron chi connectivity index (χ3n) is 6.39. The minimum atomic E-state index is -1.26. The van der Waals surface area contributed by atoms with E-state index in [0.29, 0.717) is 24.0 Å². The van der Waals surface area contributed by atoms with Gasteiger partial charge in [0.2, 0.25) is 0 Å². The van der Waals surface area contributed by atoms with E-state index < -0.39 is 28.7 Å². The first-order chi connectivity index (χ1) is 15.2. The molecule has 0 unspecified atom stereocenters. The van der Waals surface area contributed by atoms with Crippen molar-refractivity contribution in [3.8, 4) is 11.1 Å². The zero-order chi connectivity index (χ0) is 22.6. The van der Waals surface area contributed by atoms with E-state index in [2.05, 4.69) is 5.43 Å². The lowest BCUT2D eigenvalue weighted by atomic mass is 10.00. The topological polar surface area (TPSA) is 76.1 Å². The zero-order valence-electron chi connectivity index (χ0n) is 17.7. The first kappa shape index (κ1) is 20.8. The van der Waals surface area contributed by atoms with E-state index in [1.165, 1.54) is 21.9 Å². The molecule has 1 saturated carbocycles. The van der Waals surface area contributed by atoms with Crippen LogP contribution in [0.5, 0.6) is 0 Å². The molecule has 2 N–H and O–H groups in total. The van der Waals surface area contributed by atoms with E-state index in [0.717, 1.165) is 17.8 Å². The summed E-state index contributed by atoms with van der Waals surface area (Å²) in [5.74, 6) is -2.90. The summed E-state index contributed by atoms with van der Waals surface area (Å²) >= 11 is 0. The molecule has 32 heavy (non-hydrogen) atoms. The van der Waals surface area contributed by atoms with Crippen LogP contribution < -0.4 is 5.43 Å². The Labute approximate surface area is 184 Å². The summed E-state index contributed by atoms with van der Waals surface area (Å²) in [5, 5.41) is 11.9. The fraction of sp³-hybridized carbons (Fsp3) is 0.391. The van der Waals surface area contributed by atoms with Crippen LogP contribution in [0.4, 0.5) is 14.5 Å². The van der Waals surface area contributed by atoms with Gasteiger partial charge in [0.05, 0.1) is 5.69 Å². The van der Waals surface area contributed by atoms with Crippen LogP contribution in [0.15, 0.2) is 30.3 Å². The number of hydrazine groups is 1. The first-order valence-corrected chi connectivity index (χ1v) is 10.7. The molecule has 1 aliphatic carbocycles. The van der Waals surface area contributed by atoms with Crippen LogP contribution in [0.2, 0.25) is 0 Å². The van der Waals surface area contributed by atoms with Gasteiger partial charge in [-0.3, -0.25) is 9.59 Å². The number of benzene rings is 2. The average Bonchev–Trinajstić information content (AvgIpc) is 3.41. The van der Waals surface area contributed by atoms with Gasteiger partial charge in [-0.25, -0.2) is 13.8 Å². The number of piperazine rings is 1. The van der Waals surface area contributed by atoms with E-state index in [4.69, 9.17) is 0 Å². The fourth-order valence-electron chi connectivity index (χ4n) is 4.34. The number of carbonyl (C=O) groups is 2. The summed E-state index contributed by atoms with van der Waals surface area (Å²) in [4.78, 5) is 27.9. The molecule has 0 radical (unpaired) electrons. The van der Waals surface area contributed by atoms with Crippen LogP contribution in [0.1, 0.15) is 28.8 Å². The van der Waals surface area contributed by atoms with Crippen molar-refractivity contribution < 1.29 is 23.5 Å². The van der Waals surface area contributed by atoms with Crippen molar-refractivity contribution in [3.63, 3.8) is 0 Å². The number of nitrogens with zero attached hydrogens (tertiary/aromatic N) is 3. The van der Waals surface area contributed by atoms with Gasteiger partial charge in [-0.1, -0.05) is 12.1 Å². The Bertz CT molecular complexity index is 1090. The van der Waals surface area contributed by atoms with Crippen LogP contribution in [0.3, 0.4) is 0 Å². The minimum Gasteiger partial charge on any atom is -0.380 e. The van der Waals surface area contributed by atoms with Crippen molar-refractivity contribution in [2.45, 2.75) is 25.0 Å². The third-order valence-corrected chi connectivity index (χ3v) is 6.39. The molecule has 0 atom stereocenters. The summed E-state index contributed by atoms with van der Waals surface area (Å²) in [7, 11) is 1.91. The maximum atomic E-state index is 14.9. The van der Waals surface area contributed by atoms with Crippen molar-refractivity contribution in [1.29, 1.82) is 0 Å². The molecule has 2 aromatic rings. The molecule has 0 bridgehead atoms. The number of nitrogens with one attached hydrogen (secondary N) is 1. The highest BCUT2D eigenvalue weighted by Crippen LogP contribution is 2.37. The Morgan fingerprint density at radius 1 is 0.969 bits per heavy atom. The quantitative estimate of drug-likeness (QED) is 0.763. The van der Waals surface area contributed by atoms with Crippen molar-refractivity contribution >= 4 is 17.5 Å². The van der Waals surface area contributed by atoms with E-state index in [9.17, 15) is 23.5 Å². The molecule has 7 nitrogen and oxygen atoms in total. The molecular formula is C23H24F2N4O3. The maximum Gasteiger partial charge on any atom is 0.259 e. The lowest BCUT2D eigenvalue weighted by Crippen LogP contribution is -2.53. The molecule has 3 aliphatic rings. The van der Waals surface area contributed by atoms with Crippen molar-refractivity contribution in [2.24, 2.45) is 0 Å². The Hall–Kier alpha value is -3.04. The lowest BCUT2D eigenvalue weighted by Gasteiger charge is -2.35. The molecule has 1 saturated heterocycles. The highest BCUT2D eigenvalue weighted by atomic mass is 19.1. The van der Waals surface area contributed by atoms with Crippen molar-refractivity contribution in [3.05, 3.63) is 53.1 Å². The number of hydrogen-bond acceptors (Lipinski definition) is 5. The highest BCUT2D eigenvalue weighted by molar-refractivity contribution is 5.96. The van der Waals surface area contributed by atoms with E-state index in [1.807, 2.05) is 24.2 Å². The van der Waals surface area contributed by atoms with Crippen LogP contribution in [-0.2, 0) is 11.3 Å². The molecule has 2 heterocycles.